The zero-order chi connectivity index (χ0) is 13.0. The van der Waals surface area contributed by atoms with Crippen LogP contribution in [0.4, 0.5) is 5.69 Å². The van der Waals surface area contributed by atoms with Crippen LogP contribution in [-0.2, 0) is 0 Å². The van der Waals surface area contributed by atoms with Crippen LogP contribution in [0.2, 0.25) is 0 Å². The van der Waals surface area contributed by atoms with Gasteiger partial charge in [0.2, 0.25) is 0 Å². The maximum atomic E-state index is 9.17. The first-order valence-corrected chi connectivity index (χ1v) is 6.64. The second kappa shape index (κ2) is 6.07. The largest absolute Gasteiger partial charge is 0.493 e. The van der Waals surface area contributed by atoms with Crippen molar-refractivity contribution in [2.45, 2.75) is 25.8 Å². The molecule has 3 N–H and O–H groups in total. The molecule has 0 aliphatic carbocycles. The van der Waals surface area contributed by atoms with Gasteiger partial charge < -0.3 is 20.5 Å². The Morgan fingerprint density at radius 3 is 2.72 bits per heavy atom. The summed E-state index contributed by atoms with van der Waals surface area (Å²) in [7, 11) is 0. The summed E-state index contributed by atoms with van der Waals surface area (Å²) >= 11 is 0. The summed E-state index contributed by atoms with van der Waals surface area (Å²) in [5, 5.41) is 9.17. The molecular formula is C14H22N2O2. The van der Waals surface area contributed by atoms with Crippen LogP contribution in [0.15, 0.2) is 18.2 Å². The van der Waals surface area contributed by atoms with E-state index in [1.54, 1.807) is 0 Å². The molecule has 0 saturated carbocycles. The molecule has 1 aromatic carbocycles. The molecule has 4 nitrogen and oxygen atoms in total. The molecule has 1 atom stereocenters. The van der Waals surface area contributed by atoms with Crippen LogP contribution >= 0.6 is 0 Å². The quantitative estimate of drug-likeness (QED) is 0.834. The molecule has 0 bridgehead atoms. The molecule has 0 aromatic heterocycles. The first-order valence-electron chi connectivity index (χ1n) is 6.64. The number of ether oxygens (including phenoxy) is 1. The third-order valence-electron chi connectivity index (χ3n) is 3.36. The van der Waals surface area contributed by atoms with E-state index in [0.29, 0.717) is 6.61 Å². The van der Waals surface area contributed by atoms with Crippen LogP contribution in [-0.4, -0.2) is 31.4 Å². The van der Waals surface area contributed by atoms with Gasteiger partial charge in [-0.05, 0) is 25.8 Å². The molecular weight excluding hydrogens is 228 g/mol. The molecule has 0 spiro atoms. The van der Waals surface area contributed by atoms with Crippen molar-refractivity contribution in [3.8, 4) is 5.75 Å². The predicted octanol–water partition coefficient (Wildman–Crippen LogP) is 1.68. The van der Waals surface area contributed by atoms with E-state index in [-0.39, 0.29) is 12.6 Å². The number of nitrogens with two attached hydrogens (primary N) is 1. The maximum absolute atomic E-state index is 9.17. The van der Waals surface area contributed by atoms with Gasteiger partial charge in [0.1, 0.15) is 5.75 Å². The summed E-state index contributed by atoms with van der Waals surface area (Å²) in [4.78, 5) is 2.36. The number of aliphatic hydroxyl groups excluding tert-OH is 1. The monoisotopic (exact) mass is 250 g/mol. The second-order valence-electron chi connectivity index (χ2n) is 4.64. The normalized spacial score (nSPS) is 16.9. The zero-order valence-corrected chi connectivity index (χ0v) is 10.9. The summed E-state index contributed by atoms with van der Waals surface area (Å²) < 4.78 is 5.64. The van der Waals surface area contributed by atoms with Gasteiger partial charge in [0.15, 0.2) is 0 Å². The highest BCUT2D eigenvalue weighted by Gasteiger charge is 2.16. The molecule has 0 radical (unpaired) electrons. The highest BCUT2D eigenvalue weighted by molar-refractivity contribution is 5.55. The lowest BCUT2D eigenvalue weighted by Gasteiger charge is -2.21. The first-order chi connectivity index (χ1) is 8.76. The molecule has 100 valence electrons. The van der Waals surface area contributed by atoms with E-state index in [1.807, 2.05) is 19.1 Å². The second-order valence-corrected chi connectivity index (χ2v) is 4.64. The smallest absolute Gasteiger partial charge is 0.126 e. The van der Waals surface area contributed by atoms with E-state index >= 15 is 0 Å². The third-order valence-corrected chi connectivity index (χ3v) is 3.36. The molecule has 0 unspecified atom stereocenters. The van der Waals surface area contributed by atoms with Crippen molar-refractivity contribution in [1.82, 2.24) is 0 Å². The molecule has 1 fully saturated rings. The van der Waals surface area contributed by atoms with Crippen molar-refractivity contribution >= 4 is 5.69 Å². The van der Waals surface area contributed by atoms with E-state index in [2.05, 4.69) is 11.0 Å². The Morgan fingerprint density at radius 1 is 1.39 bits per heavy atom. The number of aliphatic hydroxyl groups is 1. The summed E-state index contributed by atoms with van der Waals surface area (Å²) in [5.74, 6) is 0.795. The minimum atomic E-state index is -0.376. The van der Waals surface area contributed by atoms with Gasteiger partial charge in [-0.2, -0.15) is 0 Å². The summed E-state index contributed by atoms with van der Waals surface area (Å²) in [6, 6.07) is 5.71. The van der Waals surface area contributed by atoms with Gasteiger partial charge in [-0.1, -0.05) is 6.07 Å². The van der Waals surface area contributed by atoms with Gasteiger partial charge in [-0.3, -0.25) is 0 Å². The van der Waals surface area contributed by atoms with Crippen LogP contribution in [0.3, 0.4) is 0 Å². The number of benzene rings is 1. The molecule has 1 heterocycles. The van der Waals surface area contributed by atoms with Crippen LogP contribution in [0.25, 0.3) is 0 Å². The van der Waals surface area contributed by atoms with Crippen LogP contribution in [0, 0.1) is 0 Å². The number of hydrogen-bond donors (Lipinski definition) is 2. The van der Waals surface area contributed by atoms with Crippen LogP contribution in [0.1, 0.15) is 31.4 Å². The molecule has 0 amide bonds. The van der Waals surface area contributed by atoms with E-state index in [4.69, 9.17) is 10.5 Å². The van der Waals surface area contributed by atoms with Crippen molar-refractivity contribution in [2.24, 2.45) is 5.73 Å². The van der Waals surface area contributed by atoms with E-state index in [0.717, 1.165) is 24.4 Å². The summed E-state index contributed by atoms with van der Waals surface area (Å²) in [5.41, 5.74) is 7.95. The predicted molar refractivity (Wildman–Crippen MR) is 73.1 cm³/mol. The Morgan fingerprint density at radius 2 is 2.11 bits per heavy atom. The fourth-order valence-corrected chi connectivity index (χ4v) is 2.38. The van der Waals surface area contributed by atoms with E-state index in [9.17, 15) is 5.11 Å². The number of anilines is 1. The Balaban J connectivity index is 2.26. The van der Waals surface area contributed by atoms with Gasteiger partial charge in [-0.25, -0.2) is 0 Å². The van der Waals surface area contributed by atoms with Crippen molar-refractivity contribution in [2.75, 3.05) is 31.2 Å². The molecule has 2 rings (SSSR count). The molecule has 1 aliphatic heterocycles. The van der Waals surface area contributed by atoms with Gasteiger partial charge >= 0.3 is 0 Å². The van der Waals surface area contributed by atoms with Gasteiger partial charge in [0.05, 0.1) is 19.3 Å². The van der Waals surface area contributed by atoms with Gasteiger partial charge in [-0.15, -0.1) is 0 Å². The number of hydrogen-bond acceptors (Lipinski definition) is 4. The molecule has 4 heteroatoms. The maximum Gasteiger partial charge on any atom is 0.126 e. The fourth-order valence-electron chi connectivity index (χ4n) is 2.38. The lowest BCUT2D eigenvalue weighted by atomic mass is 10.1. The Labute approximate surface area is 108 Å². The topological polar surface area (TPSA) is 58.7 Å². The number of nitrogens with zero attached hydrogens (tertiary/aromatic N) is 1. The van der Waals surface area contributed by atoms with Gasteiger partial charge in [0.25, 0.3) is 0 Å². The van der Waals surface area contributed by atoms with E-state index < -0.39 is 0 Å². The lowest BCUT2D eigenvalue weighted by molar-refractivity contribution is 0.261. The summed E-state index contributed by atoms with van der Waals surface area (Å²) in [6.45, 7) is 4.71. The average molecular weight is 250 g/mol. The molecule has 1 saturated heterocycles. The molecule has 1 aromatic rings. The SMILES string of the molecule is CCOc1cc(N2CCCC2)ccc1[C@H](N)CO. The highest BCUT2D eigenvalue weighted by atomic mass is 16.5. The Hall–Kier alpha value is -1.26. The van der Waals surface area contributed by atoms with Crippen LogP contribution in [0.5, 0.6) is 5.75 Å². The Kier molecular flexibility index (Phi) is 4.44. The van der Waals surface area contributed by atoms with Crippen molar-refractivity contribution in [3.63, 3.8) is 0 Å². The standard InChI is InChI=1S/C14H22N2O2/c1-2-18-14-9-11(16-7-3-4-8-16)5-6-12(14)13(15)10-17/h5-6,9,13,17H,2-4,7-8,10,15H2,1H3/t13-/m1/s1. The van der Waals surface area contributed by atoms with Crippen LogP contribution < -0.4 is 15.4 Å². The average Bonchev–Trinajstić information content (AvgIpc) is 2.92. The third kappa shape index (κ3) is 2.76. The summed E-state index contributed by atoms with van der Waals surface area (Å²) in [6.07, 6.45) is 2.50. The van der Waals surface area contributed by atoms with Gasteiger partial charge in [0, 0.05) is 30.4 Å². The zero-order valence-electron chi connectivity index (χ0n) is 10.9. The van der Waals surface area contributed by atoms with Crippen molar-refractivity contribution < 1.29 is 9.84 Å². The number of rotatable bonds is 5. The first kappa shape index (κ1) is 13.2. The minimum Gasteiger partial charge on any atom is -0.493 e. The fraction of sp³-hybridized carbons (Fsp3) is 0.571. The van der Waals surface area contributed by atoms with Crippen molar-refractivity contribution in [1.29, 1.82) is 0 Å². The molecule has 1 aliphatic rings. The molecule has 18 heavy (non-hydrogen) atoms. The van der Waals surface area contributed by atoms with Crippen molar-refractivity contribution in [3.05, 3.63) is 23.8 Å². The van der Waals surface area contributed by atoms with E-state index in [1.165, 1.54) is 18.5 Å². The minimum absolute atomic E-state index is 0.0663. The lowest BCUT2D eigenvalue weighted by Crippen LogP contribution is -2.19. The Bertz CT molecular complexity index is 389. The highest BCUT2D eigenvalue weighted by Crippen LogP contribution is 2.30.